The number of pyridine rings is 1. The molecule has 0 spiro atoms. The summed E-state index contributed by atoms with van der Waals surface area (Å²) in [4.78, 5) is 25.0. The summed E-state index contributed by atoms with van der Waals surface area (Å²) in [6.07, 6.45) is 3.50. The zero-order valence-corrected chi connectivity index (χ0v) is 19.0. The van der Waals surface area contributed by atoms with Gasteiger partial charge in [0.05, 0.1) is 27.5 Å². The van der Waals surface area contributed by atoms with E-state index >= 15 is 0 Å². The molecule has 0 radical (unpaired) electrons. The van der Waals surface area contributed by atoms with Crippen molar-refractivity contribution in [2.24, 2.45) is 0 Å². The molecule has 0 unspecified atom stereocenters. The molecular weight excluding hydrogens is 434 g/mol. The summed E-state index contributed by atoms with van der Waals surface area (Å²) in [5, 5.41) is 1.31. The van der Waals surface area contributed by atoms with Crippen molar-refractivity contribution in [1.82, 2.24) is 9.97 Å². The number of amides is 1. The highest BCUT2D eigenvalue weighted by Gasteiger charge is 2.22. The summed E-state index contributed by atoms with van der Waals surface area (Å²) in [5.41, 5.74) is 4.04. The highest BCUT2D eigenvalue weighted by molar-refractivity contribution is 8.00. The maximum Gasteiger partial charge on any atom is 0.239 e. The lowest BCUT2D eigenvalue weighted by Crippen LogP contribution is -2.31. The minimum Gasteiger partial charge on any atom is -0.283 e. The lowest BCUT2D eigenvalue weighted by atomic mass is 10.2. The first-order valence-electron chi connectivity index (χ1n) is 9.45. The van der Waals surface area contributed by atoms with Crippen LogP contribution in [-0.4, -0.2) is 21.6 Å². The summed E-state index contributed by atoms with van der Waals surface area (Å²) >= 11 is 9.37. The quantitative estimate of drug-likeness (QED) is 0.322. The molecule has 30 heavy (non-hydrogen) atoms. The van der Waals surface area contributed by atoms with Gasteiger partial charge in [-0.15, -0.1) is 11.8 Å². The standard InChI is InChI=1S/C23H20ClN3OS2/c1-15-5-8-18(9-6-15)29-14-20(28)27(13-17-4-3-11-25-12-17)23-26-21-16(2)7-10-19(24)22(21)30-23/h3-12H,13-14H2,1-2H3. The highest BCUT2D eigenvalue weighted by Crippen LogP contribution is 2.36. The number of hydrogen-bond acceptors (Lipinski definition) is 5. The predicted octanol–water partition coefficient (Wildman–Crippen LogP) is 6.29. The summed E-state index contributed by atoms with van der Waals surface area (Å²) < 4.78 is 0.904. The molecule has 152 valence electrons. The second-order valence-corrected chi connectivity index (χ2v) is 9.41. The van der Waals surface area contributed by atoms with E-state index in [2.05, 4.69) is 24.0 Å². The number of fused-ring (bicyclic) bond motifs is 1. The summed E-state index contributed by atoms with van der Waals surface area (Å²) in [6.45, 7) is 4.47. The summed E-state index contributed by atoms with van der Waals surface area (Å²) in [5.74, 6) is 0.323. The first-order valence-corrected chi connectivity index (χ1v) is 11.6. The Kier molecular flexibility index (Phi) is 6.37. The van der Waals surface area contributed by atoms with E-state index in [1.54, 1.807) is 17.3 Å². The molecule has 4 aromatic rings. The molecule has 4 nitrogen and oxygen atoms in total. The van der Waals surface area contributed by atoms with Crippen LogP contribution in [0.1, 0.15) is 16.7 Å². The van der Waals surface area contributed by atoms with E-state index < -0.39 is 0 Å². The van der Waals surface area contributed by atoms with Gasteiger partial charge in [-0.25, -0.2) is 4.98 Å². The Labute approximate surface area is 188 Å². The van der Waals surface area contributed by atoms with Gasteiger partial charge in [-0.3, -0.25) is 14.7 Å². The molecule has 2 aromatic heterocycles. The van der Waals surface area contributed by atoms with Crippen molar-refractivity contribution >= 4 is 56.0 Å². The van der Waals surface area contributed by atoms with E-state index in [-0.39, 0.29) is 5.91 Å². The molecule has 2 heterocycles. The third-order valence-corrected chi connectivity index (χ3v) is 7.20. The van der Waals surface area contributed by atoms with Crippen molar-refractivity contribution in [2.45, 2.75) is 25.3 Å². The van der Waals surface area contributed by atoms with Gasteiger partial charge in [-0.1, -0.05) is 52.8 Å². The van der Waals surface area contributed by atoms with Gasteiger partial charge in [0, 0.05) is 17.3 Å². The predicted molar refractivity (Wildman–Crippen MR) is 127 cm³/mol. The minimum absolute atomic E-state index is 0.00254. The summed E-state index contributed by atoms with van der Waals surface area (Å²) in [6, 6.07) is 15.9. The monoisotopic (exact) mass is 453 g/mol. The van der Waals surface area contributed by atoms with Crippen LogP contribution in [0.25, 0.3) is 10.2 Å². The third kappa shape index (κ3) is 4.67. The van der Waals surface area contributed by atoms with Gasteiger partial charge in [0.1, 0.15) is 0 Å². The second-order valence-electron chi connectivity index (χ2n) is 6.98. The van der Waals surface area contributed by atoms with Gasteiger partial charge in [-0.2, -0.15) is 0 Å². The van der Waals surface area contributed by atoms with E-state index in [1.165, 1.54) is 28.7 Å². The largest absolute Gasteiger partial charge is 0.283 e. The van der Waals surface area contributed by atoms with Crippen molar-refractivity contribution in [1.29, 1.82) is 0 Å². The number of aromatic nitrogens is 2. The zero-order valence-electron chi connectivity index (χ0n) is 16.6. The van der Waals surface area contributed by atoms with Crippen molar-refractivity contribution in [3.8, 4) is 0 Å². The maximum atomic E-state index is 13.3. The number of aryl methyl sites for hydroxylation is 2. The number of benzene rings is 2. The Balaban J connectivity index is 1.64. The highest BCUT2D eigenvalue weighted by atomic mass is 35.5. The Morgan fingerprint density at radius 1 is 1.13 bits per heavy atom. The van der Waals surface area contributed by atoms with E-state index in [4.69, 9.17) is 16.6 Å². The second kappa shape index (κ2) is 9.16. The van der Waals surface area contributed by atoms with Gasteiger partial charge in [-0.05, 0) is 49.2 Å². The van der Waals surface area contributed by atoms with E-state index in [0.717, 1.165) is 26.2 Å². The van der Waals surface area contributed by atoms with Crippen LogP contribution < -0.4 is 4.90 Å². The molecular formula is C23H20ClN3OS2. The number of nitrogens with zero attached hydrogens (tertiary/aromatic N) is 3. The fourth-order valence-corrected chi connectivity index (χ4v) is 5.11. The molecule has 0 fully saturated rings. The first-order chi connectivity index (χ1) is 14.5. The Morgan fingerprint density at radius 3 is 2.63 bits per heavy atom. The lowest BCUT2D eigenvalue weighted by molar-refractivity contribution is -0.116. The number of hydrogen-bond donors (Lipinski definition) is 0. The molecule has 2 aromatic carbocycles. The summed E-state index contributed by atoms with van der Waals surface area (Å²) in [7, 11) is 0. The van der Waals surface area contributed by atoms with Crippen LogP contribution in [0.15, 0.2) is 65.8 Å². The molecule has 0 atom stereocenters. The normalized spacial score (nSPS) is 11.0. The molecule has 0 N–H and O–H groups in total. The van der Waals surface area contributed by atoms with Crippen LogP contribution in [0.4, 0.5) is 5.13 Å². The van der Waals surface area contributed by atoms with Gasteiger partial charge in [0.2, 0.25) is 5.91 Å². The molecule has 0 aliphatic carbocycles. The molecule has 0 bridgehead atoms. The number of carbonyl (C=O) groups is 1. The van der Waals surface area contributed by atoms with Crippen LogP contribution in [0.3, 0.4) is 0 Å². The van der Waals surface area contributed by atoms with Gasteiger partial charge >= 0.3 is 0 Å². The SMILES string of the molecule is Cc1ccc(SCC(=O)N(Cc2cccnc2)c2nc3c(C)ccc(Cl)c3s2)cc1. The van der Waals surface area contributed by atoms with Crippen LogP contribution in [0.5, 0.6) is 0 Å². The Morgan fingerprint density at radius 2 is 1.93 bits per heavy atom. The fraction of sp³-hybridized carbons (Fsp3) is 0.174. The fourth-order valence-electron chi connectivity index (χ4n) is 3.00. The Hall–Kier alpha value is -2.41. The minimum atomic E-state index is -0.00254. The molecule has 0 saturated carbocycles. The molecule has 0 aliphatic rings. The number of halogens is 1. The third-order valence-electron chi connectivity index (χ3n) is 4.66. The number of anilines is 1. The number of thioether (sulfide) groups is 1. The molecule has 4 rings (SSSR count). The topological polar surface area (TPSA) is 46.1 Å². The van der Waals surface area contributed by atoms with E-state index in [1.807, 2.05) is 43.3 Å². The van der Waals surface area contributed by atoms with Crippen molar-refractivity contribution in [2.75, 3.05) is 10.7 Å². The lowest BCUT2D eigenvalue weighted by Gasteiger charge is -2.19. The van der Waals surface area contributed by atoms with Crippen LogP contribution in [0, 0.1) is 13.8 Å². The van der Waals surface area contributed by atoms with Crippen LogP contribution >= 0.6 is 34.7 Å². The molecule has 7 heteroatoms. The van der Waals surface area contributed by atoms with Crippen molar-refractivity contribution < 1.29 is 4.79 Å². The first kappa shape index (κ1) is 20.8. The molecule has 0 aliphatic heterocycles. The molecule has 0 saturated heterocycles. The maximum absolute atomic E-state index is 13.3. The van der Waals surface area contributed by atoms with Crippen molar-refractivity contribution in [3.63, 3.8) is 0 Å². The Bertz CT molecular complexity index is 1140. The van der Waals surface area contributed by atoms with Crippen molar-refractivity contribution in [3.05, 3.63) is 82.6 Å². The van der Waals surface area contributed by atoms with Gasteiger partial charge < -0.3 is 0 Å². The van der Waals surface area contributed by atoms with E-state index in [0.29, 0.717) is 22.5 Å². The smallest absolute Gasteiger partial charge is 0.239 e. The van der Waals surface area contributed by atoms with Gasteiger partial charge in [0.25, 0.3) is 0 Å². The van der Waals surface area contributed by atoms with Crippen LogP contribution in [0.2, 0.25) is 5.02 Å². The number of rotatable bonds is 6. The average molecular weight is 454 g/mol. The van der Waals surface area contributed by atoms with Gasteiger partial charge in [0.15, 0.2) is 5.13 Å². The van der Waals surface area contributed by atoms with Crippen LogP contribution in [-0.2, 0) is 11.3 Å². The number of carbonyl (C=O) groups excluding carboxylic acids is 1. The van der Waals surface area contributed by atoms with E-state index in [9.17, 15) is 4.79 Å². The zero-order chi connectivity index (χ0) is 21.1. The average Bonchev–Trinajstić information content (AvgIpc) is 3.21. The molecule has 1 amide bonds. The number of thiazole rings is 1.